The van der Waals surface area contributed by atoms with Crippen molar-refractivity contribution in [2.24, 2.45) is 5.92 Å². The van der Waals surface area contributed by atoms with Gasteiger partial charge in [0.15, 0.2) is 0 Å². The highest BCUT2D eigenvalue weighted by Gasteiger charge is 2.33. The number of hydrogen-bond acceptors (Lipinski definition) is 1. The van der Waals surface area contributed by atoms with Crippen LogP contribution in [0.25, 0.3) is 0 Å². The zero-order valence-corrected chi connectivity index (χ0v) is 10.6. The zero-order valence-electron chi connectivity index (χ0n) is 9.80. The van der Waals surface area contributed by atoms with Crippen molar-refractivity contribution >= 4 is 11.6 Å². The van der Waals surface area contributed by atoms with E-state index in [9.17, 15) is 13.2 Å². The molecule has 5 heteroatoms. The third-order valence-electron chi connectivity index (χ3n) is 3.10. The van der Waals surface area contributed by atoms with Gasteiger partial charge in [0, 0.05) is 17.6 Å². The summed E-state index contributed by atoms with van der Waals surface area (Å²) in [5, 5.41) is 3.65. The molecule has 18 heavy (non-hydrogen) atoms. The van der Waals surface area contributed by atoms with Crippen molar-refractivity contribution in [3.05, 3.63) is 34.9 Å². The summed E-state index contributed by atoms with van der Waals surface area (Å²) >= 11 is 5.81. The van der Waals surface area contributed by atoms with Gasteiger partial charge in [-0.05, 0) is 36.5 Å². The minimum atomic E-state index is -4.10. The summed E-state index contributed by atoms with van der Waals surface area (Å²) in [6.45, 7) is -0.0344. The highest BCUT2D eigenvalue weighted by molar-refractivity contribution is 6.30. The van der Waals surface area contributed by atoms with Gasteiger partial charge in [-0.2, -0.15) is 13.2 Å². The zero-order chi connectivity index (χ0) is 13.2. The van der Waals surface area contributed by atoms with E-state index in [0.29, 0.717) is 10.9 Å². The summed E-state index contributed by atoms with van der Waals surface area (Å²) in [7, 11) is 0. The molecule has 0 bridgehead atoms. The first-order valence-corrected chi connectivity index (χ1v) is 6.39. The van der Waals surface area contributed by atoms with E-state index in [2.05, 4.69) is 5.32 Å². The van der Waals surface area contributed by atoms with Crippen LogP contribution in [0.3, 0.4) is 0 Å². The molecular weight excluding hydrogens is 263 g/mol. The number of hydrogen-bond donors (Lipinski definition) is 1. The molecule has 1 N–H and O–H groups in total. The SMILES string of the molecule is FC(F)(F)CCNC(c1ccc(Cl)cc1)C1CC1. The lowest BCUT2D eigenvalue weighted by atomic mass is 10.0. The van der Waals surface area contributed by atoms with E-state index in [1.807, 2.05) is 12.1 Å². The fourth-order valence-electron chi connectivity index (χ4n) is 2.03. The molecule has 0 radical (unpaired) electrons. The third-order valence-corrected chi connectivity index (χ3v) is 3.35. The van der Waals surface area contributed by atoms with Crippen molar-refractivity contribution in [1.29, 1.82) is 0 Å². The van der Waals surface area contributed by atoms with Crippen molar-refractivity contribution in [3.63, 3.8) is 0 Å². The minimum Gasteiger partial charge on any atom is -0.309 e. The fourth-order valence-corrected chi connectivity index (χ4v) is 2.15. The van der Waals surface area contributed by atoms with Crippen LogP contribution in [0.4, 0.5) is 13.2 Å². The monoisotopic (exact) mass is 277 g/mol. The minimum absolute atomic E-state index is 0.0182. The van der Waals surface area contributed by atoms with Crippen LogP contribution >= 0.6 is 11.6 Å². The maximum Gasteiger partial charge on any atom is 0.390 e. The maximum absolute atomic E-state index is 12.1. The Bertz CT molecular complexity index is 384. The van der Waals surface area contributed by atoms with Crippen LogP contribution in [0.2, 0.25) is 5.02 Å². The predicted octanol–water partition coefficient (Wildman–Crippen LogP) is 4.33. The first-order valence-electron chi connectivity index (χ1n) is 6.01. The Kier molecular flexibility index (Phi) is 4.17. The molecule has 1 aromatic carbocycles. The van der Waals surface area contributed by atoms with Gasteiger partial charge in [0.05, 0.1) is 6.42 Å². The number of rotatable bonds is 5. The third kappa shape index (κ3) is 4.18. The molecule has 0 aliphatic heterocycles. The largest absolute Gasteiger partial charge is 0.390 e. The van der Waals surface area contributed by atoms with Gasteiger partial charge in [-0.25, -0.2) is 0 Å². The van der Waals surface area contributed by atoms with E-state index >= 15 is 0 Å². The molecule has 0 amide bonds. The van der Waals surface area contributed by atoms with Gasteiger partial charge < -0.3 is 5.32 Å². The summed E-state index contributed by atoms with van der Waals surface area (Å²) in [6.07, 6.45) is -2.73. The van der Waals surface area contributed by atoms with Gasteiger partial charge in [-0.3, -0.25) is 0 Å². The van der Waals surface area contributed by atoms with Gasteiger partial charge in [0.1, 0.15) is 0 Å². The van der Waals surface area contributed by atoms with Crippen LogP contribution in [-0.4, -0.2) is 12.7 Å². The Morgan fingerprint density at radius 2 is 1.83 bits per heavy atom. The van der Waals surface area contributed by atoms with Crippen molar-refractivity contribution < 1.29 is 13.2 Å². The molecule has 1 aromatic rings. The second-order valence-corrected chi connectivity index (χ2v) is 5.12. The van der Waals surface area contributed by atoms with Crippen molar-refractivity contribution in [2.75, 3.05) is 6.54 Å². The van der Waals surface area contributed by atoms with E-state index in [0.717, 1.165) is 18.4 Å². The average molecular weight is 278 g/mol. The highest BCUT2D eigenvalue weighted by Crippen LogP contribution is 2.41. The van der Waals surface area contributed by atoms with Crippen LogP contribution in [0, 0.1) is 5.92 Å². The van der Waals surface area contributed by atoms with Crippen molar-refractivity contribution in [2.45, 2.75) is 31.5 Å². The van der Waals surface area contributed by atoms with Gasteiger partial charge in [0.2, 0.25) is 0 Å². The van der Waals surface area contributed by atoms with Crippen molar-refractivity contribution in [3.8, 4) is 0 Å². The summed E-state index contributed by atoms with van der Waals surface area (Å²) in [5.74, 6) is 0.458. The van der Waals surface area contributed by atoms with Gasteiger partial charge in [-0.1, -0.05) is 23.7 Å². The van der Waals surface area contributed by atoms with Crippen LogP contribution in [-0.2, 0) is 0 Å². The molecule has 1 unspecified atom stereocenters. The van der Waals surface area contributed by atoms with Crippen LogP contribution < -0.4 is 5.32 Å². The van der Waals surface area contributed by atoms with Gasteiger partial charge in [-0.15, -0.1) is 0 Å². The molecule has 2 rings (SSSR count). The molecule has 0 spiro atoms. The smallest absolute Gasteiger partial charge is 0.309 e. The van der Waals surface area contributed by atoms with Crippen molar-refractivity contribution in [1.82, 2.24) is 5.32 Å². The Morgan fingerprint density at radius 1 is 1.22 bits per heavy atom. The van der Waals surface area contributed by atoms with Gasteiger partial charge >= 0.3 is 6.18 Å². The van der Waals surface area contributed by atoms with E-state index in [1.165, 1.54) is 0 Å². The Labute approximate surface area is 109 Å². The Hall–Kier alpha value is -0.740. The molecule has 1 aliphatic rings. The number of nitrogens with one attached hydrogen (secondary N) is 1. The summed E-state index contributed by atoms with van der Waals surface area (Å²) in [4.78, 5) is 0. The summed E-state index contributed by atoms with van der Waals surface area (Å²) in [6, 6.07) is 7.33. The molecule has 1 aliphatic carbocycles. The average Bonchev–Trinajstić information content (AvgIpc) is 3.08. The fraction of sp³-hybridized carbons (Fsp3) is 0.538. The number of alkyl halides is 3. The van der Waals surface area contributed by atoms with Crippen LogP contribution in [0.15, 0.2) is 24.3 Å². The predicted molar refractivity (Wildman–Crippen MR) is 65.6 cm³/mol. The number of halogens is 4. The second-order valence-electron chi connectivity index (χ2n) is 4.69. The molecule has 0 aromatic heterocycles. The molecule has 1 saturated carbocycles. The molecular formula is C13H15ClF3N. The summed E-state index contributed by atoms with van der Waals surface area (Å²) in [5.41, 5.74) is 1.02. The first-order chi connectivity index (χ1) is 8.46. The van der Waals surface area contributed by atoms with E-state index < -0.39 is 12.6 Å². The number of benzene rings is 1. The van der Waals surface area contributed by atoms with Crippen LogP contribution in [0.5, 0.6) is 0 Å². The van der Waals surface area contributed by atoms with Crippen LogP contribution in [0.1, 0.15) is 30.9 Å². The molecule has 0 heterocycles. The maximum atomic E-state index is 12.1. The molecule has 1 atom stereocenters. The molecule has 0 saturated heterocycles. The van der Waals surface area contributed by atoms with E-state index in [1.54, 1.807) is 12.1 Å². The van der Waals surface area contributed by atoms with Gasteiger partial charge in [0.25, 0.3) is 0 Å². The molecule has 1 fully saturated rings. The topological polar surface area (TPSA) is 12.0 Å². The summed E-state index contributed by atoms with van der Waals surface area (Å²) < 4.78 is 36.4. The lowest BCUT2D eigenvalue weighted by Gasteiger charge is -2.19. The Morgan fingerprint density at radius 3 is 2.33 bits per heavy atom. The first kappa shape index (κ1) is 13.7. The second kappa shape index (κ2) is 5.49. The molecule has 100 valence electrons. The lowest BCUT2D eigenvalue weighted by Crippen LogP contribution is -2.27. The quantitative estimate of drug-likeness (QED) is 0.844. The van der Waals surface area contributed by atoms with E-state index in [-0.39, 0.29) is 12.6 Å². The Balaban J connectivity index is 1.94. The van der Waals surface area contributed by atoms with E-state index in [4.69, 9.17) is 11.6 Å². The molecule has 1 nitrogen and oxygen atoms in total. The normalized spacial score (nSPS) is 17.8. The lowest BCUT2D eigenvalue weighted by molar-refractivity contribution is -0.133. The highest BCUT2D eigenvalue weighted by atomic mass is 35.5. The standard InChI is InChI=1S/C13H15ClF3N/c14-11-5-3-10(4-6-11)12(9-1-2-9)18-8-7-13(15,16)17/h3-6,9,12,18H,1-2,7-8H2.